The molecule has 19 heavy (non-hydrogen) atoms. The third-order valence-electron chi connectivity index (χ3n) is 3.61. The van der Waals surface area contributed by atoms with Gasteiger partial charge >= 0.3 is 0 Å². The SMILES string of the molecule is CCNC(c1cccc(C)c1)c1c(C)cccc1C. The van der Waals surface area contributed by atoms with E-state index >= 15 is 0 Å². The minimum Gasteiger partial charge on any atom is -0.307 e. The average molecular weight is 253 g/mol. The van der Waals surface area contributed by atoms with Crippen LogP contribution in [0.2, 0.25) is 0 Å². The second kappa shape index (κ2) is 6.03. The summed E-state index contributed by atoms with van der Waals surface area (Å²) in [7, 11) is 0. The van der Waals surface area contributed by atoms with E-state index in [0.717, 1.165) is 6.54 Å². The van der Waals surface area contributed by atoms with Gasteiger partial charge < -0.3 is 5.32 Å². The fraction of sp³-hybridized carbons (Fsp3) is 0.333. The summed E-state index contributed by atoms with van der Waals surface area (Å²) in [4.78, 5) is 0. The second-order valence-corrected chi connectivity index (χ2v) is 5.21. The Labute approximate surface area is 116 Å². The van der Waals surface area contributed by atoms with Crippen LogP contribution in [0.25, 0.3) is 0 Å². The van der Waals surface area contributed by atoms with Crippen molar-refractivity contribution < 1.29 is 0 Å². The zero-order valence-electron chi connectivity index (χ0n) is 12.3. The first-order valence-electron chi connectivity index (χ1n) is 6.99. The highest BCUT2D eigenvalue weighted by Gasteiger charge is 2.16. The minimum absolute atomic E-state index is 0.283. The van der Waals surface area contributed by atoms with E-state index < -0.39 is 0 Å². The van der Waals surface area contributed by atoms with Crippen molar-refractivity contribution in [2.45, 2.75) is 33.7 Å². The molecule has 0 aliphatic rings. The Morgan fingerprint density at radius 1 is 0.947 bits per heavy atom. The molecule has 1 heteroatoms. The van der Waals surface area contributed by atoms with Crippen molar-refractivity contribution in [2.24, 2.45) is 0 Å². The molecule has 0 aliphatic carbocycles. The van der Waals surface area contributed by atoms with E-state index in [0.29, 0.717) is 0 Å². The van der Waals surface area contributed by atoms with Gasteiger partial charge in [-0.3, -0.25) is 0 Å². The lowest BCUT2D eigenvalue weighted by Gasteiger charge is -2.23. The highest BCUT2D eigenvalue weighted by atomic mass is 14.9. The Bertz CT molecular complexity index is 537. The first-order valence-corrected chi connectivity index (χ1v) is 6.99. The fourth-order valence-electron chi connectivity index (χ4n) is 2.72. The van der Waals surface area contributed by atoms with Crippen LogP contribution < -0.4 is 5.32 Å². The van der Waals surface area contributed by atoms with E-state index in [9.17, 15) is 0 Å². The van der Waals surface area contributed by atoms with Gasteiger partial charge in [0.2, 0.25) is 0 Å². The monoisotopic (exact) mass is 253 g/mol. The molecular formula is C18H23N. The number of aryl methyl sites for hydroxylation is 3. The molecule has 0 heterocycles. The van der Waals surface area contributed by atoms with Gasteiger partial charge in [0.05, 0.1) is 6.04 Å². The van der Waals surface area contributed by atoms with E-state index in [-0.39, 0.29) is 6.04 Å². The van der Waals surface area contributed by atoms with E-state index in [2.05, 4.69) is 75.5 Å². The summed E-state index contributed by atoms with van der Waals surface area (Å²) in [5.41, 5.74) is 6.78. The summed E-state index contributed by atoms with van der Waals surface area (Å²) < 4.78 is 0. The number of hydrogen-bond donors (Lipinski definition) is 1. The quantitative estimate of drug-likeness (QED) is 0.856. The zero-order chi connectivity index (χ0) is 13.8. The Kier molecular flexibility index (Phi) is 4.39. The van der Waals surface area contributed by atoms with Crippen molar-refractivity contribution in [3.05, 3.63) is 70.3 Å². The van der Waals surface area contributed by atoms with Crippen LogP contribution in [0.4, 0.5) is 0 Å². The fourth-order valence-corrected chi connectivity index (χ4v) is 2.72. The van der Waals surface area contributed by atoms with Crippen molar-refractivity contribution in [1.29, 1.82) is 0 Å². The van der Waals surface area contributed by atoms with Gasteiger partial charge in [0.25, 0.3) is 0 Å². The lowest BCUT2D eigenvalue weighted by atomic mass is 9.90. The van der Waals surface area contributed by atoms with E-state index in [1.54, 1.807) is 0 Å². The zero-order valence-corrected chi connectivity index (χ0v) is 12.3. The molecule has 1 nitrogen and oxygen atoms in total. The van der Waals surface area contributed by atoms with Gasteiger partial charge in [-0.15, -0.1) is 0 Å². The molecule has 1 N–H and O–H groups in total. The smallest absolute Gasteiger partial charge is 0.0581 e. The molecule has 2 aromatic carbocycles. The molecule has 0 bridgehead atoms. The van der Waals surface area contributed by atoms with Crippen LogP contribution >= 0.6 is 0 Å². The molecule has 0 aromatic heterocycles. The van der Waals surface area contributed by atoms with Crippen LogP contribution in [-0.2, 0) is 0 Å². The third-order valence-corrected chi connectivity index (χ3v) is 3.61. The molecule has 100 valence electrons. The molecule has 0 saturated carbocycles. The lowest BCUT2D eigenvalue weighted by molar-refractivity contribution is 0.624. The summed E-state index contributed by atoms with van der Waals surface area (Å²) in [5, 5.41) is 3.62. The van der Waals surface area contributed by atoms with Crippen LogP contribution in [0.5, 0.6) is 0 Å². The normalized spacial score (nSPS) is 12.4. The lowest BCUT2D eigenvalue weighted by Crippen LogP contribution is -2.23. The average Bonchev–Trinajstić information content (AvgIpc) is 2.37. The number of benzene rings is 2. The van der Waals surface area contributed by atoms with Gasteiger partial charge in [-0.1, -0.05) is 55.0 Å². The number of rotatable bonds is 4. The molecule has 0 aliphatic heterocycles. The first-order chi connectivity index (χ1) is 9.13. The van der Waals surface area contributed by atoms with Gasteiger partial charge in [-0.25, -0.2) is 0 Å². The Morgan fingerprint density at radius 3 is 2.16 bits per heavy atom. The van der Waals surface area contributed by atoms with Gasteiger partial charge in [-0.2, -0.15) is 0 Å². The summed E-state index contributed by atoms with van der Waals surface area (Å²) in [6.07, 6.45) is 0. The number of hydrogen-bond acceptors (Lipinski definition) is 1. The summed E-state index contributed by atoms with van der Waals surface area (Å²) in [6.45, 7) is 9.67. The first kappa shape index (κ1) is 13.8. The predicted molar refractivity (Wildman–Crippen MR) is 82.6 cm³/mol. The Balaban J connectivity index is 2.51. The van der Waals surface area contributed by atoms with Crippen molar-refractivity contribution in [3.63, 3.8) is 0 Å². The molecule has 2 rings (SSSR count). The maximum atomic E-state index is 3.62. The standard InChI is InChI=1S/C18H23N/c1-5-19-18(16-11-6-8-13(2)12-16)17-14(3)9-7-10-15(17)4/h6-12,18-19H,5H2,1-4H3. The molecule has 0 fully saturated rings. The summed E-state index contributed by atoms with van der Waals surface area (Å²) >= 11 is 0. The van der Waals surface area contributed by atoms with Crippen molar-refractivity contribution >= 4 is 0 Å². The van der Waals surface area contributed by atoms with Gasteiger partial charge in [-0.05, 0) is 49.6 Å². The maximum absolute atomic E-state index is 3.62. The molecule has 0 spiro atoms. The molecule has 0 radical (unpaired) electrons. The highest BCUT2D eigenvalue weighted by Crippen LogP contribution is 2.28. The molecular weight excluding hydrogens is 230 g/mol. The Morgan fingerprint density at radius 2 is 1.58 bits per heavy atom. The maximum Gasteiger partial charge on any atom is 0.0581 e. The van der Waals surface area contributed by atoms with Crippen molar-refractivity contribution in [2.75, 3.05) is 6.54 Å². The number of nitrogens with one attached hydrogen (secondary N) is 1. The van der Waals surface area contributed by atoms with Crippen LogP contribution in [-0.4, -0.2) is 6.54 Å². The van der Waals surface area contributed by atoms with Crippen molar-refractivity contribution in [1.82, 2.24) is 5.32 Å². The van der Waals surface area contributed by atoms with Crippen molar-refractivity contribution in [3.8, 4) is 0 Å². The van der Waals surface area contributed by atoms with Crippen LogP contribution in [0.3, 0.4) is 0 Å². The van der Waals surface area contributed by atoms with Crippen LogP contribution in [0, 0.1) is 20.8 Å². The molecule has 1 atom stereocenters. The van der Waals surface area contributed by atoms with Crippen LogP contribution in [0.1, 0.15) is 40.8 Å². The van der Waals surface area contributed by atoms with Crippen LogP contribution in [0.15, 0.2) is 42.5 Å². The van der Waals surface area contributed by atoms with E-state index in [4.69, 9.17) is 0 Å². The van der Waals surface area contributed by atoms with Gasteiger partial charge in [0.15, 0.2) is 0 Å². The molecule has 0 amide bonds. The Hall–Kier alpha value is -1.60. The second-order valence-electron chi connectivity index (χ2n) is 5.21. The molecule has 2 aromatic rings. The summed E-state index contributed by atoms with van der Waals surface area (Å²) in [5.74, 6) is 0. The van der Waals surface area contributed by atoms with Gasteiger partial charge in [0, 0.05) is 0 Å². The summed E-state index contributed by atoms with van der Waals surface area (Å²) in [6, 6.07) is 15.6. The third kappa shape index (κ3) is 3.05. The molecule has 1 unspecified atom stereocenters. The molecule has 0 saturated heterocycles. The van der Waals surface area contributed by atoms with Gasteiger partial charge in [0.1, 0.15) is 0 Å². The largest absolute Gasteiger partial charge is 0.307 e. The van der Waals surface area contributed by atoms with E-state index in [1.165, 1.54) is 27.8 Å². The minimum atomic E-state index is 0.283. The topological polar surface area (TPSA) is 12.0 Å². The van der Waals surface area contributed by atoms with E-state index in [1.807, 2.05) is 0 Å². The predicted octanol–water partition coefficient (Wildman–Crippen LogP) is 4.31. The highest BCUT2D eigenvalue weighted by molar-refractivity contribution is 5.42.